The number of hydrogen-bond acceptors (Lipinski definition) is 2. The number of aryl methyl sites for hydroxylation is 1. The number of hydrogen-bond donors (Lipinski definition) is 3. The van der Waals surface area contributed by atoms with Crippen LogP contribution in [0.1, 0.15) is 22.3 Å². The molecule has 5 heteroatoms. The molecular weight excluding hydrogens is 226 g/mol. The molecule has 2 rings (SSSR count). The fourth-order valence-corrected chi connectivity index (χ4v) is 1.91. The number of carbonyl (C=O) groups excluding carboxylic acids is 1. The number of rotatable bonds is 3. The van der Waals surface area contributed by atoms with Gasteiger partial charge in [0.1, 0.15) is 0 Å². The summed E-state index contributed by atoms with van der Waals surface area (Å²) < 4.78 is 0. The number of nitrogens with one attached hydrogen (secondary N) is 3. The minimum atomic E-state index is 0. The summed E-state index contributed by atoms with van der Waals surface area (Å²) in [5.41, 5.74) is 1.75. The first-order chi connectivity index (χ1) is 7.27. The van der Waals surface area contributed by atoms with Crippen LogP contribution in [0.4, 0.5) is 0 Å². The first-order valence-corrected chi connectivity index (χ1v) is 5.39. The third-order valence-corrected chi connectivity index (χ3v) is 2.91. The quantitative estimate of drug-likeness (QED) is 0.744. The average molecular weight is 244 g/mol. The summed E-state index contributed by atoms with van der Waals surface area (Å²) in [5, 5.41) is 6.25. The molecule has 1 atom stereocenters. The Kier molecular flexibility index (Phi) is 4.83. The molecule has 3 N–H and O–H groups in total. The van der Waals surface area contributed by atoms with Gasteiger partial charge in [-0.3, -0.25) is 4.79 Å². The van der Waals surface area contributed by atoms with Crippen molar-refractivity contribution in [3.05, 3.63) is 23.5 Å². The third-order valence-electron chi connectivity index (χ3n) is 2.91. The summed E-state index contributed by atoms with van der Waals surface area (Å²) in [4.78, 5) is 14.7. The average Bonchev–Trinajstić information content (AvgIpc) is 2.84. The zero-order valence-electron chi connectivity index (χ0n) is 9.38. The predicted octanol–water partition coefficient (Wildman–Crippen LogP) is 1.08. The monoisotopic (exact) mass is 243 g/mol. The lowest BCUT2D eigenvalue weighted by Gasteiger charge is -2.09. The molecule has 0 aromatic carbocycles. The highest BCUT2D eigenvalue weighted by Gasteiger charge is 2.16. The lowest BCUT2D eigenvalue weighted by atomic mass is 10.1. The molecule has 16 heavy (non-hydrogen) atoms. The van der Waals surface area contributed by atoms with E-state index < -0.39 is 0 Å². The van der Waals surface area contributed by atoms with Gasteiger partial charge in [0.25, 0.3) is 5.91 Å². The first kappa shape index (κ1) is 13.1. The lowest BCUT2D eigenvalue weighted by molar-refractivity contribution is 0.0948. The normalized spacial score (nSPS) is 19.2. The zero-order valence-corrected chi connectivity index (χ0v) is 10.2. The second-order valence-electron chi connectivity index (χ2n) is 4.12. The highest BCUT2D eigenvalue weighted by molar-refractivity contribution is 5.95. The number of halogens is 1. The van der Waals surface area contributed by atoms with E-state index in [9.17, 15) is 4.79 Å². The van der Waals surface area contributed by atoms with Crippen LogP contribution in [0, 0.1) is 12.8 Å². The molecule has 2 heterocycles. The number of amides is 1. The molecule has 1 aliphatic heterocycles. The fourth-order valence-electron chi connectivity index (χ4n) is 1.91. The maximum Gasteiger partial charge on any atom is 0.253 e. The molecule has 1 aliphatic rings. The van der Waals surface area contributed by atoms with Crippen molar-refractivity contribution < 1.29 is 4.79 Å². The van der Waals surface area contributed by atoms with E-state index in [2.05, 4.69) is 15.6 Å². The Balaban J connectivity index is 0.00000128. The summed E-state index contributed by atoms with van der Waals surface area (Å²) in [6, 6.07) is 0. The number of carbonyl (C=O) groups is 1. The largest absolute Gasteiger partial charge is 0.367 e. The van der Waals surface area contributed by atoms with Gasteiger partial charge in [0.05, 0.1) is 5.56 Å². The molecule has 0 bridgehead atoms. The van der Waals surface area contributed by atoms with E-state index in [1.807, 2.05) is 13.1 Å². The van der Waals surface area contributed by atoms with Crippen LogP contribution >= 0.6 is 12.4 Å². The van der Waals surface area contributed by atoms with E-state index >= 15 is 0 Å². The van der Waals surface area contributed by atoms with Crippen molar-refractivity contribution in [1.82, 2.24) is 15.6 Å². The smallest absolute Gasteiger partial charge is 0.253 e. The first-order valence-electron chi connectivity index (χ1n) is 5.39. The van der Waals surface area contributed by atoms with Crippen molar-refractivity contribution in [2.45, 2.75) is 13.3 Å². The molecule has 1 aromatic heterocycles. The minimum Gasteiger partial charge on any atom is -0.367 e. The summed E-state index contributed by atoms with van der Waals surface area (Å²) in [6.07, 6.45) is 4.75. The van der Waals surface area contributed by atoms with E-state index in [1.54, 1.807) is 6.20 Å². The second kappa shape index (κ2) is 5.92. The second-order valence-corrected chi connectivity index (χ2v) is 4.12. The highest BCUT2D eigenvalue weighted by atomic mass is 35.5. The summed E-state index contributed by atoms with van der Waals surface area (Å²) in [7, 11) is 0. The molecule has 1 aromatic rings. The van der Waals surface area contributed by atoms with Crippen LogP contribution in [0.25, 0.3) is 0 Å². The van der Waals surface area contributed by atoms with Crippen LogP contribution < -0.4 is 10.6 Å². The van der Waals surface area contributed by atoms with Gasteiger partial charge in [-0.15, -0.1) is 12.4 Å². The molecule has 0 aliphatic carbocycles. The maximum absolute atomic E-state index is 11.7. The Labute approximate surface area is 102 Å². The van der Waals surface area contributed by atoms with Crippen LogP contribution in [0.3, 0.4) is 0 Å². The van der Waals surface area contributed by atoms with Crippen molar-refractivity contribution >= 4 is 18.3 Å². The summed E-state index contributed by atoms with van der Waals surface area (Å²) >= 11 is 0. The van der Waals surface area contributed by atoms with E-state index in [0.29, 0.717) is 5.92 Å². The Hall–Kier alpha value is -1.00. The van der Waals surface area contributed by atoms with Crippen LogP contribution in [0.5, 0.6) is 0 Å². The molecule has 0 spiro atoms. The SMILES string of the molecule is Cc1c[nH]cc1C(=O)NCC1CCNC1.Cl. The van der Waals surface area contributed by atoms with Crippen LogP contribution in [-0.4, -0.2) is 30.5 Å². The maximum atomic E-state index is 11.7. The van der Waals surface area contributed by atoms with Gasteiger partial charge in [0.2, 0.25) is 0 Å². The summed E-state index contributed by atoms with van der Waals surface area (Å²) in [5.74, 6) is 0.619. The molecule has 90 valence electrons. The van der Waals surface area contributed by atoms with Gasteiger partial charge in [-0.2, -0.15) is 0 Å². The molecule has 1 unspecified atom stereocenters. The van der Waals surface area contributed by atoms with Gasteiger partial charge in [0.15, 0.2) is 0 Å². The van der Waals surface area contributed by atoms with Crippen LogP contribution in [-0.2, 0) is 0 Å². The number of aromatic nitrogens is 1. The van der Waals surface area contributed by atoms with E-state index in [-0.39, 0.29) is 18.3 Å². The zero-order chi connectivity index (χ0) is 10.7. The van der Waals surface area contributed by atoms with Crippen molar-refractivity contribution in [3.63, 3.8) is 0 Å². The standard InChI is InChI=1S/C11H17N3O.ClH/c1-8-4-13-7-10(8)11(15)14-6-9-2-3-12-5-9;/h4,7,9,12-13H,2-3,5-6H2,1H3,(H,14,15);1H. The molecule has 1 saturated heterocycles. The Morgan fingerprint density at radius 2 is 2.38 bits per heavy atom. The molecular formula is C11H18ClN3O. The molecule has 4 nitrogen and oxygen atoms in total. The van der Waals surface area contributed by atoms with Gasteiger partial charge >= 0.3 is 0 Å². The number of H-pyrrole nitrogens is 1. The minimum absolute atomic E-state index is 0. The van der Waals surface area contributed by atoms with Gasteiger partial charge in [-0.25, -0.2) is 0 Å². The number of aromatic amines is 1. The van der Waals surface area contributed by atoms with Gasteiger partial charge < -0.3 is 15.6 Å². The third kappa shape index (κ3) is 3.00. The van der Waals surface area contributed by atoms with Crippen LogP contribution in [0.2, 0.25) is 0 Å². The van der Waals surface area contributed by atoms with Crippen molar-refractivity contribution in [3.8, 4) is 0 Å². The van der Waals surface area contributed by atoms with Crippen molar-refractivity contribution in [2.75, 3.05) is 19.6 Å². The van der Waals surface area contributed by atoms with E-state index in [4.69, 9.17) is 0 Å². The van der Waals surface area contributed by atoms with Gasteiger partial charge in [-0.1, -0.05) is 0 Å². The lowest BCUT2D eigenvalue weighted by Crippen LogP contribution is -2.30. The molecule has 0 saturated carbocycles. The van der Waals surface area contributed by atoms with Crippen molar-refractivity contribution in [1.29, 1.82) is 0 Å². The Morgan fingerprint density at radius 1 is 1.56 bits per heavy atom. The topological polar surface area (TPSA) is 56.9 Å². The van der Waals surface area contributed by atoms with Gasteiger partial charge in [-0.05, 0) is 37.9 Å². The Bertz CT molecular complexity index is 345. The molecule has 1 fully saturated rings. The van der Waals surface area contributed by atoms with Gasteiger partial charge in [0, 0.05) is 18.9 Å². The highest BCUT2D eigenvalue weighted by Crippen LogP contribution is 2.08. The fraction of sp³-hybridized carbons (Fsp3) is 0.545. The molecule has 1 amide bonds. The molecule has 0 radical (unpaired) electrons. The predicted molar refractivity (Wildman–Crippen MR) is 66.1 cm³/mol. The summed E-state index contributed by atoms with van der Waals surface area (Å²) in [6.45, 7) is 4.80. The van der Waals surface area contributed by atoms with E-state index in [1.165, 1.54) is 0 Å². The van der Waals surface area contributed by atoms with Crippen molar-refractivity contribution in [2.24, 2.45) is 5.92 Å². The Morgan fingerprint density at radius 3 is 2.94 bits per heavy atom. The van der Waals surface area contributed by atoms with E-state index in [0.717, 1.165) is 37.2 Å². The van der Waals surface area contributed by atoms with Crippen LogP contribution in [0.15, 0.2) is 12.4 Å².